The van der Waals surface area contributed by atoms with Gasteiger partial charge in [-0.25, -0.2) is 9.37 Å². The largest absolute Gasteiger partial charge is 0.505 e. The first-order valence-electron chi connectivity index (χ1n) is 11.6. The van der Waals surface area contributed by atoms with Crippen LogP contribution in [-0.2, 0) is 11.2 Å². The number of hydrogen-bond acceptors (Lipinski definition) is 5. The molecule has 0 saturated heterocycles. The minimum atomic E-state index is -0.392. The molecule has 2 heterocycles. The zero-order chi connectivity index (χ0) is 25.1. The molecule has 0 spiro atoms. The normalized spacial score (nSPS) is 12.1. The van der Waals surface area contributed by atoms with Crippen LogP contribution < -0.4 is 10.1 Å². The molecule has 0 aliphatic rings. The minimum absolute atomic E-state index is 0.0659. The Hall–Kier alpha value is -4.46. The third kappa shape index (κ3) is 4.84. The number of H-pyrrole nitrogens is 1. The molecule has 1 atom stereocenters. The number of methoxy groups -OCH3 is 1. The molecule has 36 heavy (non-hydrogen) atoms. The van der Waals surface area contributed by atoms with Crippen molar-refractivity contribution < 1.29 is 19.0 Å². The van der Waals surface area contributed by atoms with Crippen LogP contribution in [0.3, 0.4) is 0 Å². The average Bonchev–Trinajstić information content (AvgIpc) is 3.30. The molecule has 1 unspecified atom stereocenters. The van der Waals surface area contributed by atoms with Gasteiger partial charge in [-0.1, -0.05) is 30.3 Å². The summed E-state index contributed by atoms with van der Waals surface area (Å²) in [6.07, 6.45) is 2.23. The number of pyridine rings is 1. The van der Waals surface area contributed by atoms with Gasteiger partial charge < -0.3 is 20.1 Å². The van der Waals surface area contributed by atoms with Crippen LogP contribution in [0, 0.1) is 5.82 Å². The van der Waals surface area contributed by atoms with Gasteiger partial charge in [-0.05, 0) is 42.0 Å². The van der Waals surface area contributed by atoms with E-state index in [9.17, 15) is 14.3 Å². The number of carbonyl (C=O) groups is 1. The van der Waals surface area contributed by atoms with E-state index in [0.717, 1.165) is 10.9 Å². The lowest BCUT2D eigenvalue weighted by Crippen LogP contribution is -2.27. The van der Waals surface area contributed by atoms with E-state index in [0.29, 0.717) is 46.7 Å². The van der Waals surface area contributed by atoms with Crippen molar-refractivity contribution in [3.05, 3.63) is 95.7 Å². The molecule has 0 saturated carbocycles. The van der Waals surface area contributed by atoms with E-state index in [1.165, 1.54) is 12.1 Å². The lowest BCUT2D eigenvalue weighted by Gasteiger charge is -2.20. The standard InChI is InChI=1S/C28H25FN4O3/c1-36-20-8-4-17(5-9-20)22(21-10-6-18-3-2-13-31-27(18)28(21)35)16-26(34)30-14-12-25-32-23-11-7-19(29)15-24(23)33-25/h2-11,13,15,22,35H,12,14,16H2,1H3,(H,30,34)(H,32,33). The number of halogens is 1. The summed E-state index contributed by atoms with van der Waals surface area (Å²) in [4.78, 5) is 24.8. The van der Waals surface area contributed by atoms with Gasteiger partial charge >= 0.3 is 0 Å². The van der Waals surface area contributed by atoms with Crippen molar-refractivity contribution in [2.75, 3.05) is 13.7 Å². The van der Waals surface area contributed by atoms with Crippen molar-refractivity contribution in [1.82, 2.24) is 20.3 Å². The molecule has 0 aliphatic heterocycles. The van der Waals surface area contributed by atoms with Gasteiger partial charge in [0.05, 0.1) is 18.1 Å². The second kappa shape index (κ2) is 10.0. The molecule has 0 aliphatic carbocycles. The van der Waals surface area contributed by atoms with Gasteiger partial charge in [0.1, 0.15) is 28.7 Å². The quantitative estimate of drug-likeness (QED) is 0.293. The number of amides is 1. The van der Waals surface area contributed by atoms with E-state index >= 15 is 0 Å². The smallest absolute Gasteiger partial charge is 0.220 e. The number of nitrogens with zero attached hydrogens (tertiary/aromatic N) is 2. The molecule has 0 fully saturated rings. The molecule has 0 radical (unpaired) electrons. The molecular weight excluding hydrogens is 459 g/mol. The summed E-state index contributed by atoms with van der Waals surface area (Å²) in [6, 6.07) is 19.3. The fourth-order valence-electron chi connectivity index (χ4n) is 4.40. The lowest BCUT2D eigenvalue weighted by molar-refractivity contribution is -0.121. The third-order valence-corrected chi connectivity index (χ3v) is 6.24. The number of aromatic amines is 1. The van der Waals surface area contributed by atoms with Crippen LogP contribution in [0.4, 0.5) is 4.39 Å². The lowest BCUT2D eigenvalue weighted by atomic mass is 9.87. The van der Waals surface area contributed by atoms with Gasteiger partial charge in [-0.3, -0.25) is 9.78 Å². The Morgan fingerprint density at radius 1 is 1.14 bits per heavy atom. The second-order valence-electron chi connectivity index (χ2n) is 8.55. The van der Waals surface area contributed by atoms with Gasteiger partial charge in [0.2, 0.25) is 5.91 Å². The predicted molar refractivity (Wildman–Crippen MR) is 136 cm³/mol. The van der Waals surface area contributed by atoms with Crippen molar-refractivity contribution in [1.29, 1.82) is 0 Å². The van der Waals surface area contributed by atoms with Crippen molar-refractivity contribution in [3.8, 4) is 11.5 Å². The Morgan fingerprint density at radius 2 is 1.97 bits per heavy atom. The maximum absolute atomic E-state index is 13.4. The monoisotopic (exact) mass is 484 g/mol. The molecule has 5 aromatic rings. The molecular formula is C28H25FN4O3. The first kappa shape index (κ1) is 23.3. The number of aromatic hydroxyl groups is 1. The summed E-state index contributed by atoms with van der Waals surface area (Å²) in [7, 11) is 1.60. The van der Waals surface area contributed by atoms with Crippen LogP contribution in [0.15, 0.2) is 72.9 Å². The van der Waals surface area contributed by atoms with Gasteiger partial charge in [-0.15, -0.1) is 0 Å². The van der Waals surface area contributed by atoms with Crippen molar-refractivity contribution in [2.45, 2.75) is 18.8 Å². The molecule has 0 bridgehead atoms. The summed E-state index contributed by atoms with van der Waals surface area (Å²) in [6.45, 7) is 0.363. The number of nitrogens with one attached hydrogen (secondary N) is 2. The first-order valence-corrected chi connectivity index (χ1v) is 11.6. The number of ether oxygens (including phenoxy) is 1. The molecule has 3 aromatic carbocycles. The van der Waals surface area contributed by atoms with Crippen LogP contribution in [-0.4, -0.2) is 39.6 Å². The summed E-state index contributed by atoms with van der Waals surface area (Å²) < 4.78 is 18.7. The highest BCUT2D eigenvalue weighted by molar-refractivity contribution is 5.86. The van der Waals surface area contributed by atoms with E-state index in [-0.39, 0.29) is 23.9 Å². The van der Waals surface area contributed by atoms with Crippen molar-refractivity contribution in [2.24, 2.45) is 0 Å². The Kier molecular flexibility index (Phi) is 6.49. The van der Waals surface area contributed by atoms with Gasteiger partial charge in [0.15, 0.2) is 0 Å². The fraction of sp³-hybridized carbons (Fsp3) is 0.179. The van der Waals surface area contributed by atoms with Crippen LogP contribution >= 0.6 is 0 Å². The number of hydrogen-bond donors (Lipinski definition) is 3. The highest BCUT2D eigenvalue weighted by Crippen LogP contribution is 2.38. The zero-order valence-corrected chi connectivity index (χ0v) is 19.7. The number of phenols is 1. The van der Waals surface area contributed by atoms with Crippen LogP contribution in [0.1, 0.15) is 29.3 Å². The van der Waals surface area contributed by atoms with Crippen LogP contribution in [0.25, 0.3) is 21.9 Å². The van der Waals surface area contributed by atoms with Gasteiger partial charge in [-0.2, -0.15) is 0 Å². The summed E-state index contributed by atoms with van der Waals surface area (Å²) in [5, 5.41) is 14.8. The summed E-state index contributed by atoms with van der Waals surface area (Å²) in [5.74, 6) is 0.548. The molecule has 3 N–H and O–H groups in total. The van der Waals surface area contributed by atoms with Crippen LogP contribution in [0.5, 0.6) is 11.5 Å². The maximum Gasteiger partial charge on any atom is 0.220 e. The Labute approximate surface area is 207 Å². The maximum atomic E-state index is 13.4. The van der Waals surface area contributed by atoms with Gasteiger partial charge in [0, 0.05) is 42.5 Å². The molecule has 182 valence electrons. The van der Waals surface area contributed by atoms with Crippen molar-refractivity contribution >= 4 is 27.8 Å². The van der Waals surface area contributed by atoms with E-state index in [2.05, 4.69) is 20.3 Å². The Morgan fingerprint density at radius 3 is 2.78 bits per heavy atom. The number of imidazole rings is 1. The molecule has 5 rings (SSSR count). The zero-order valence-electron chi connectivity index (χ0n) is 19.7. The highest BCUT2D eigenvalue weighted by Gasteiger charge is 2.23. The fourth-order valence-corrected chi connectivity index (χ4v) is 4.40. The second-order valence-corrected chi connectivity index (χ2v) is 8.55. The van der Waals surface area contributed by atoms with E-state index in [4.69, 9.17) is 4.74 Å². The van der Waals surface area contributed by atoms with E-state index in [1.807, 2.05) is 48.5 Å². The molecule has 2 aromatic heterocycles. The first-order chi connectivity index (χ1) is 17.5. The minimum Gasteiger partial charge on any atom is -0.505 e. The number of rotatable bonds is 8. The third-order valence-electron chi connectivity index (χ3n) is 6.24. The summed E-state index contributed by atoms with van der Waals surface area (Å²) >= 11 is 0. The van der Waals surface area contributed by atoms with Gasteiger partial charge in [0.25, 0.3) is 0 Å². The summed E-state index contributed by atoms with van der Waals surface area (Å²) in [5.41, 5.74) is 3.29. The SMILES string of the molecule is COc1ccc(C(CC(=O)NCCc2nc3ccc(F)cc3[nH]2)c2ccc3cccnc3c2O)cc1. The van der Waals surface area contributed by atoms with Crippen LogP contribution in [0.2, 0.25) is 0 Å². The average molecular weight is 485 g/mol. The Balaban J connectivity index is 1.34. The predicted octanol–water partition coefficient (Wildman–Crippen LogP) is 4.85. The number of benzene rings is 3. The Bertz CT molecular complexity index is 1530. The number of phenolic OH excluding ortho intramolecular Hbond substituents is 1. The van der Waals surface area contributed by atoms with E-state index in [1.54, 1.807) is 19.4 Å². The topological polar surface area (TPSA) is 100 Å². The van der Waals surface area contributed by atoms with E-state index < -0.39 is 5.92 Å². The number of fused-ring (bicyclic) bond motifs is 2. The molecule has 8 heteroatoms. The van der Waals surface area contributed by atoms with Crippen molar-refractivity contribution in [3.63, 3.8) is 0 Å². The molecule has 1 amide bonds. The molecule has 7 nitrogen and oxygen atoms in total. The number of carbonyl (C=O) groups excluding carboxylic acids is 1. The highest BCUT2D eigenvalue weighted by atomic mass is 19.1. The number of aromatic nitrogens is 3.